The SMILES string of the molecule is Cc1ccc2c(C)c(C(=O)Oc3ccc4c(c3)OC(N)=C(C#N)C4c3ccc(OCc4ccccc4F)cc3)oc2c1. The molecular formula is C34H25FN2O5. The van der Waals surface area contributed by atoms with E-state index < -0.39 is 11.9 Å². The van der Waals surface area contributed by atoms with Gasteiger partial charge in [0.25, 0.3) is 0 Å². The first kappa shape index (κ1) is 26.7. The first-order chi connectivity index (χ1) is 20.3. The first-order valence-corrected chi connectivity index (χ1v) is 13.2. The number of halogens is 1. The van der Waals surface area contributed by atoms with Crippen LogP contribution in [0.3, 0.4) is 0 Å². The number of carbonyl (C=O) groups excluding carboxylic acids is 1. The fourth-order valence-electron chi connectivity index (χ4n) is 5.06. The highest BCUT2D eigenvalue weighted by molar-refractivity contribution is 5.97. The van der Waals surface area contributed by atoms with Gasteiger partial charge in [-0.25, -0.2) is 9.18 Å². The lowest BCUT2D eigenvalue weighted by atomic mass is 9.83. The molecule has 0 fully saturated rings. The largest absolute Gasteiger partial charge is 0.489 e. The first-order valence-electron chi connectivity index (χ1n) is 13.2. The van der Waals surface area contributed by atoms with Crippen LogP contribution in [0.15, 0.2) is 101 Å². The van der Waals surface area contributed by atoms with Gasteiger partial charge in [-0.15, -0.1) is 0 Å². The minimum atomic E-state index is -0.638. The van der Waals surface area contributed by atoms with Gasteiger partial charge in [0.15, 0.2) is 0 Å². The molecule has 1 atom stereocenters. The van der Waals surface area contributed by atoms with E-state index in [0.717, 1.165) is 16.5 Å². The Bertz CT molecular complexity index is 1920. The van der Waals surface area contributed by atoms with Crippen LogP contribution in [0.25, 0.3) is 11.0 Å². The predicted molar refractivity (Wildman–Crippen MR) is 154 cm³/mol. The molecule has 6 rings (SSSR count). The molecule has 1 aliphatic heterocycles. The quantitative estimate of drug-likeness (QED) is 0.173. The summed E-state index contributed by atoms with van der Waals surface area (Å²) in [5, 5.41) is 10.7. The summed E-state index contributed by atoms with van der Waals surface area (Å²) in [5.74, 6) is -0.274. The van der Waals surface area contributed by atoms with Gasteiger partial charge in [0.1, 0.15) is 46.9 Å². The highest BCUT2D eigenvalue weighted by atomic mass is 19.1. The van der Waals surface area contributed by atoms with E-state index in [-0.39, 0.29) is 35.4 Å². The Labute approximate surface area is 241 Å². The van der Waals surface area contributed by atoms with Gasteiger partial charge in [-0.3, -0.25) is 0 Å². The zero-order chi connectivity index (χ0) is 29.4. The topological polar surface area (TPSA) is 108 Å². The second kappa shape index (κ2) is 10.8. The molecule has 8 heteroatoms. The lowest BCUT2D eigenvalue weighted by Gasteiger charge is -2.26. The second-order valence-corrected chi connectivity index (χ2v) is 10.0. The number of nitrogens with two attached hydrogens (primary N) is 1. The van der Waals surface area contributed by atoms with Crippen molar-refractivity contribution in [2.45, 2.75) is 26.4 Å². The molecule has 42 heavy (non-hydrogen) atoms. The number of nitriles is 1. The number of hydrogen-bond donors (Lipinski definition) is 1. The summed E-state index contributed by atoms with van der Waals surface area (Å²) < 4.78 is 36.9. The number of fused-ring (bicyclic) bond motifs is 2. The third-order valence-corrected chi connectivity index (χ3v) is 7.25. The Morgan fingerprint density at radius 3 is 2.52 bits per heavy atom. The third kappa shape index (κ3) is 4.93. The van der Waals surface area contributed by atoms with Gasteiger partial charge in [0, 0.05) is 28.1 Å². The summed E-state index contributed by atoms with van der Waals surface area (Å²) in [4.78, 5) is 13.0. The number of rotatable bonds is 6. The van der Waals surface area contributed by atoms with Crippen LogP contribution < -0.4 is 19.9 Å². The van der Waals surface area contributed by atoms with Crippen molar-refractivity contribution in [3.05, 3.63) is 136 Å². The Balaban J connectivity index is 1.25. The number of nitrogens with zero attached hydrogens (tertiary/aromatic N) is 1. The zero-order valence-corrected chi connectivity index (χ0v) is 22.8. The molecule has 4 aromatic carbocycles. The number of allylic oxidation sites excluding steroid dienone is 1. The van der Waals surface area contributed by atoms with E-state index in [0.29, 0.717) is 33.8 Å². The molecule has 1 aliphatic rings. The van der Waals surface area contributed by atoms with Gasteiger partial charge >= 0.3 is 5.97 Å². The van der Waals surface area contributed by atoms with Gasteiger partial charge in [0.2, 0.25) is 11.6 Å². The highest BCUT2D eigenvalue weighted by Crippen LogP contribution is 2.44. The van der Waals surface area contributed by atoms with Gasteiger partial charge in [-0.2, -0.15) is 5.26 Å². The van der Waals surface area contributed by atoms with Crippen molar-refractivity contribution < 1.29 is 27.8 Å². The Morgan fingerprint density at radius 2 is 1.76 bits per heavy atom. The van der Waals surface area contributed by atoms with Crippen LogP contribution >= 0.6 is 0 Å². The number of hydrogen-bond acceptors (Lipinski definition) is 7. The highest BCUT2D eigenvalue weighted by Gasteiger charge is 2.31. The average molecular weight is 561 g/mol. The summed E-state index contributed by atoms with van der Waals surface area (Å²) in [7, 11) is 0. The van der Waals surface area contributed by atoms with Gasteiger partial charge in [0.05, 0.1) is 5.92 Å². The molecule has 1 unspecified atom stereocenters. The van der Waals surface area contributed by atoms with E-state index in [1.165, 1.54) is 6.07 Å². The molecule has 0 saturated carbocycles. The molecule has 208 valence electrons. The van der Waals surface area contributed by atoms with E-state index in [2.05, 4.69) is 6.07 Å². The lowest BCUT2D eigenvalue weighted by molar-refractivity contribution is 0.0702. The van der Waals surface area contributed by atoms with Crippen LogP contribution in [0.1, 0.15) is 44.3 Å². The molecule has 7 nitrogen and oxygen atoms in total. The summed E-state index contributed by atoms with van der Waals surface area (Å²) in [6.45, 7) is 3.84. The van der Waals surface area contributed by atoms with E-state index in [4.69, 9.17) is 24.4 Å². The second-order valence-electron chi connectivity index (χ2n) is 10.0. The molecule has 0 spiro atoms. The van der Waals surface area contributed by atoms with Crippen molar-refractivity contribution in [1.82, 2.24) is 0 Å². The minimum absolute atomic E-state index is 0.0399. The monoisotopic (exact) mass is 560 g/mol. The molecule has 0 aliphatic carbocycles. The van der Waals surface area contributed by atoms with E-state index in [1.807, 2.05) is 44.2 Å². The fourth-order valence-corrected chi connectivity index (χ4v) is 5.06. The number of ether oxygens (including phenoxy) is 3. The van der Waals surface area contributed by atoms with Crippen LogP contribution in [0.4, 0.5) is 4.39 Å². The number of esters is 1. The Kier molecular flexibility index (Phi) is 6.85. The molecule has 2 N–H and O–H groups in total. The van der Waals surface area contributed by atoms with Gasteiger partial charge in [-0.05, 0) is 55.3 Å². The van der Waals surface area contributed by atoms with E-state index in [9.17, 15) is 14.4 Å². The maximum absolute atomic E-state index is 13.9. The number of aryl methyl sites for hydroxylation is 2. The Morgan fingerprint density at radius 1 is 1.00 bits per heavy atom. The number of benzene rings is 4. The predicted octanol–water partition coefficient (Wildman–Crippen LogP) is 7.21. The zero-order valence-electron chi connectivity index (χ0n) is 22.8. The van der Waals surface area contributed by atoms with Crippen LogP contribution in [0, 0.1) is 31.0 Å². The van der Waals surface area contributed by atoms with Crippen LogP contribution in [0.2, 0.25) is 0 Å². The van der Waals surface area contributed by atoms with E-state index in [1.54, 1.807) is 48.5 Å². The fraction of sp³-hybridized carbons (Fsp3) is 0.118. The van der Waals surface area contributed by atoms with Gasteiger partial charge < -0.3 is 24.4 Å². The molecule has 0 radical (unpaired) electrons. The van der Waals surface area contributed by atoms with Gasteiger partial charge in [-0.1, -0.05) is 48.5 Å². The smallest absolute Gasteiger partial charge is 0.379 e. The molecular weight excluding hydrogens is 535 g/mol. The molecule has 5 aromatic rings. The van der Waals surface area contributed by atoms with Crippen molar-refractivity contribution in [3.8, 4) is 23.3 Å². The molecule has 0 saturated heterocycles. The number of carbonyl (C=O) groups is 1. The maximum Gasteiger partial charge on any atom is 0.379 e. The Hall–Kier alpha value is -5.55. The van der Waals surface area contributed by atoms with E-state index >= 15 is 0 Å². The van der Waals surface area contributed by atoms with Crippen molar-refractivity contribution in [3.63, 3.8) is 0 Å². The number of furan rings is 1. The average Bonchev–Trinajstić information content (AvgIpc) is 3.31. The van der Waals surface area contributed by atoms with Crippen LogP contribution in [-0.4, -0.2) is 5.97 Å². The van der Waals surface area contributed by atoms with Crippen molar-refractivity contribution >= 4 is 16.9 Å². The molecule has 2 heterocycles. The summed E-state index contributed by atoms with van der Waals surface area (Å²) in [5.41, 5.74) is 10.6. The lowest BCUT2D eigenvalue weighted by Crippen LogP contribution is -2.21. The van der Waals surface area contributed by atoms with Crippen molar-refractivity contribution in [2.24, 2.45) is 5.73 Å². The molecule has 0 amide bonds. The normalized spacial score (nSPS) is 14.2. The van der Waals surface area contributed by atoms with Crippen LogP contribution in [-0.2, 0) is 6.61 Å². The molecule has 1 aromatic heterocycles. The third-order valence-electron chi connectivity index (χ3n) is 7.25. The van der Waals surface area contributed by atoms with Crippen molar-refractivity contribution in [1.29, 1.82) is 5.26 Å². The molecule has 0 bridgehead atoms. The summed E-state index contributed by atoms with van der Waals surface area (Å²) in [6, 6.07) is 26.4. The summed E-state index contributed by atoms with van der Waals surface area (Å²) >= 11 is 0. The van der Waals surface area contributed by atoms with Crippen molar-refractivity contribution in [2.75, 3.05) is 0 Å². The standard InChI is InChI=1S/C34H25FN2O5/c1-19-7-13-25-20(2)32(41-29(25)15-19)34(38)40-24-12-14-26-30(16-24)42-33(37)27(17-36)31(26)21-8-10-23(11-9-21)39-18-22-5-3-4-6-28(22)35/h3-16,31H,18,37H2,1-2H3. The maximum atomic E-state index is 13.9. The van der Waals surface area contributed by atoms with Crippen LogP contribution in [0.5, 0.6) is 17.2 Å². The minimum Gasteiger partial charge on any atom is -0.489 e. The summed E-state index contributed by atoms with van der Waals surface area (Å²) in [6.07, 6.45) is 0.